The van der Waals surface area contributed by atoms with E-state index in [0.29, 0.717) is 12.8 Å². The average Bonchev–Trinajstić information content (AvgIpc) is 3.26. The molecule has 214 valence electrons. The Balaban J connectivity index is 1.35. The lowest BCUT2D eigenvalue weighted by Gasteiger charge is -2.54. The number of hydrogen-bond donors (Lipinski definition) is 4. The summed E-state index contributed by atoms with van der Waals surface area (Å²) in [5.41, 5.74) is -3.13. The molecule has 1 aromatic carbocycles. The third-order valence-electron chi connectivity index (χ3n) is 9.30. The van der Waals surface area contributed by atoms with Gasteiger partial charge in [-0.3, -0.25) is 14.4 Å². The number of phenolic OH excluding ortho intramolecular Hbond substituents is 2. The molecular weight excluding hydrogens is 528 g/mol. The van der Waals surface area contributed by atoms with E-state index >= 15 is 0 Å². The second-order valence-electron chi connectivity index (χ2n) is 11.5. The van der Waals surface area contributed by atoms with Crippen molar-refractivity contribution in [2.24, 2.45) is 0 Å². The van der Waals surface area contributed by atoms with Gasteiger partial charge in [0.1, 0.15) is 23.2 Å². The largest absolute Gasteiger partial charge is 0.507 e. The molecular formula is C28H30O12. The smallest absolute Gasteiger partial charge is 0.309 e. The minimum atomic E-state index is -2.01. The number of aliphatic hydroxyl groups excluding tert-OH is 1. The summed E-state index contributed by atoms with van der Waals surface area (Å²) in [7, 11) is 0. The maximum absolute atomic E-state index is 13.9. The Morgan fingerprint density at radius 1 is 0.925 bits per heavy atom. The summed E-state index contributed by atoms with van der Waals surface area (Å²) in [5.74, 6) is -3.30. The second-order valence-corrected chi connectivity index (χ2v) is 11.5. The molecule has 5 heterocycles. The number of ether oxygens (including phenoxy) is 5. The number of aliphatic hydroxyl groups is 2. The fourth-order valence-corrected chi connectivity index (χ4v) is 7.31. The van der Waals surface area contributed by atoms with Gasteiger partial charge in [-0.15, -0.1) is 0 Å². The molecule has 0 saturated carbocycles. The van der Waals surface area contributed by atoms with Crippen molar-refractivity contribution in [2.75, 3.05) is 0 Å². The van der Waals surface area contributed by atoms with E-state index in [1.165, 1.54) is 0 Å². The molecule has 8 rings (SSSR count). The first-order chi connectivity index (χ1) is 18.9. The van der Waals surface area contributed by atoms with Gasteiger partial charge < -0.3 is 44.1 Å². The fraction of sp³-hybridized carbons (Fsp3) is 0.607. The predicted octanol–water partition coefficient (Wildman–Crippen LogP) is 1.20. The van der Waals surface area contributed by atoms with Gasteiger partial charge in [-0.2, -0.15) is 0 Å². The number of Topliss-reactive ketones (excluding diaryl/α,β-unsaturated/α-hetero) is 2. The number of ketones is 2. The van der Waals surface area contributed by atoms with Crippen LogP contribution in [0, 0.1) is 0 Å². The van der Waals surface area contributed by atoms with Gasteiger partial charge in [-0.25, -0.2) is 0 Å². The van der Waals surface area contributed by atoms with E-state index in [1.54, 1.807) is 20.8 Å². The summed E-state index contributed by atoms with van der Waals surface area (Å²) in [4.78, 5) is 39.8. The zero-order chi connectivity index (χ0) is 28.4. The second kappa shape index (κ2) is 8.57. The van der Waals surface area contributed by atoms with Crippen LogP contribution in [0.15, 0.2) is 11.1 Å². The molecule has 3 saturated heterocycles. The zero-order valence-electron chi connectivity index (χ0n) is 22.1. The van der Waals surface area contributed by atoms with Crippen LogP contribution >= 0.6 is 0 Å². The Hall–Kier alpha value is -2.87. The summed E-state index contributed by atoms with van der Waals surface area (Å²) in [6.45, 7) is 4.88. The van der Waals surface area contributed by atoms with Crippen molar-refractivity contribution < 1.29 is 58.5 Å². The molecule has 12 heteroatoms. The van der Waals surface area contributed by atoms with Crippen LogP contribution in [-0.4, -0.2) is 87.0 Å². The van der Waals surface area contributed by atoms with E-state index < -0.39 is 101 Å². The number of rotatable bonds is 2. The lowest BCUT2D eigenvalue weighted by atomic mass is 9.66. The molecule has 40 heavy (non-hydrogen) atoms. The van der Waals surface area contributed by atoms with Gasteiger partial charge in [-0.1, -0.05) is 0 Å². The molecule has 0 unspecified atom stereocenters. The molecule has 7 aliphatic rings. The zero-order valence-corrected chi connectivity index (χ0v) is 22.1. The Labute approximate surface area is 228 Å². The normalized spacial score (nSPS) is 41.8. The van der Waals surface area contributed by atoms with E-state index in [1.807, 2.05) is 0 Å². The monoisotopic (exact) mass is 558 g/mol. The van der Waals surface area contributed by atoms with Gasteiger partial charge in [-0.05, 0) is 27.2 Å². The van der Waals surface area contributed by atoms with Crippen LogP contribution in [-0.2, 0) is 34.1 Å². The third kappa shape index (κ3) is 3.25. The summed E-state index contributed by atoms with van der Waals surface area (Å²) in [6.07, 6.45) is -6.55. The number of carbonyl (C=O) groups excluding carboxylic acids is 3. The van der Waals surface area contributed by atoms with Gasteiger partial charge in [0, 0.05) is 29.5 Å². The average molecular weight is 559 g/mol. The van der Waals surface area contributed by atoms with Crippen LogP contribution in [0.5, 0.6) is 11.5 Å². The third-order valence-corrected chi connectivity index (χ3v) is 9.30. The first-order valence-electron chi connectivity index (χ1n) is 13.6. The first-order valence-corrected chi connectivity index (χ1v) is 13.6. The molecule has 0 spiro atoms. The molecule has 4 N–H and O–H groups in total. The topological polar surface area (TPSA) is 178 Å². The van der Waals surface area contributed by atoms with Crippen molar-refractivity contribution in [1.82, 2.24) is 0 Å². The van der Waals surface area contributed by atoms with Crippen molar-refractivity contribution in [3.63, 3.8) is 0 Å². The number of carbonyl (C=O) groups is 3. The Morgan fingerprint density at radius 2 is 1.62 bits per heavy atom. The molecule has 1 aromatic rings. The maximum atomic E-state index is 13.9. The molecule has 0 amide bonds. The van der Waals surface area contributed by atoms with E-state index in [9.17, 15) is 34.8 Å². The summed E-state index contributed by atoms with van der Waals surface area (Å²) in [5, 5.41) is 45.3. The van der Waals surface area contributed by atoms with E-state index in [-0.39, 0.29) is 35.1 Å². The highest BCUT2D eigenvalue weighted by Gasteiger charge is 2.62. The number of esters is 1. The molecule has 5 aliphatic heterocycles. The minimum absolute atomic E-state index is 0.00956. The number of fused-ring (bicyclic) bond motifs is 5. The standard InChI is InChI=1S/C28H30O12/c1-8-11(29)4-5-16(37-8)39-14-6-12-18-22(28(14,35)10(3)38-12)26(34)20-19(24(18)32)25(33)21-17(23(20)31)9(2)36-13-7-15(30)40-27(13)21/h8-14,16,27,29,32,34-35H,4-7H2,1-3H3/t8-,9-,10+,11-,12+,13-,14+,16-,27+,28+/m0/s1. The van der Waals surface area contributed by atoms with E-state index in [0.717, 1.165) is 0 Å². The first kappa shape index (κ1) is 26.1. The number of aromatic hydroxyl groups is 2. The molecule has 2 aliphatic carbocycles. The van der Waals surface area contributed by atoms with Crippen molar-refractivity contribution >= 4 is 17.5 Å². The van der Waals surface area contributed by atoms with Crippen molar-refractivity contribution in [3.8, 4) is 11.5 Å². The molecule has 0 aromatic heterocycles. The number of benzene rings is 1. The summed E-state index contributed by atoms with van der Waals surface area (Å²) < 4.78 is 29.1. The van der Waals surface area contributed by atoms with Crippen molar-refractivity contribution in [1.29, 1.82) is 0 Å². The van der Waals surface area contributed by atoms with Crippen LogP contribution in [0.4, 0.5) is 0 Å². The molecule has 10 atom stereocenters. The quantitative estimate of drug-likeness (QED) is 0.302. The lowest BCUT2D eigenvalue weighted by molar-refractivity contribution is -0.311. The molecule has 2 bridgehead atoms. The lowest BCUT2D eigenvalue weighted by Crippen LogP contribution is -2.60. The van der Waals surface area contributed by atoms with Gasteiger partial charge in [0.2, 0.25) is 0 Å². The number of phenols is 2. The summed E-state index contributed by atoms with van der Waals surface area (Å²) >= 11 is 0. The van der Waals surface area contributed by atoms with Gasteiger partial charge in [0.25, 0.3) is 0 Å². The highest BCUT2D eigenvalue weighted by atomic mass is 16.7. The Kier molecular flexibility index (Phi) is 5.58. The fourth-order valence-electron chi connectivity index (χ4n) is 7.31. The van der Waals surface area contributed by atoms with Crippen LogP contribution < -0.4 is 0 Å². The van der Waals surface area contributed by atoms with Crippen molar-refractivity contribution in [2.45, 2.75) is 107 Å². The maximum Gasteiger partial charge on any atom is 0.309 e. The van der Waals surface area contributed by atoms with Gasteiger partial charge in [0.05, 0.1) is 59.7 Å². The highest BCUT2D eigenvalue weighted by molar-refractivity contribution is 6.30. The van der Waals surface area contributed by atoms with Crippen molar-refractivity contribution in [3.05, 3.63) is 33.4 Å². The van der Waals surface area contributed by atoms with Crippen LogP contribution in [0.1, 0.15) is 84.4 Å². The minimum Gasteiger partial charge on any atom is -0.507 e. The predicted molar refractivity (Wildman–Crippen MR) is 131 cm³/mol. The highest BCUT2D eigenvalue weighted by Crippen LogP contribution is 2.60. The van der Waals surface area contributed by atoms with Gasteiger partial charge >= 0.3 is 5.97 Å². The van der Waals surface area contributed by atoms with Gasteiger partial charge in [0.15, 0.2) is 24.0 Å². The molecule has 12 nitrogen and oxygen atoms in total. The van der Waals surface area contributed by atoms with Crippen LogP contribution in [0.2, 0.25) is 0 Å². The Bertz CT molecular complexity index is 1400. The van der Waals surface area contributed by atoms with Crippen LogP contribution in [0.3, 0.4) is 0 Å². The van der Waals surface area contributed by atoms with Crippen LogP contribution in [0.25, 0.3) is 0 Å². The SMILES string of the molecule is C[C@@H]1O[C@H]2CC(=O)O[C@H]2C2=C1C(=O)c1c(O)c3c(c(O)c1C2=O)[C@H]1C[C@@H](O[C@H]2CC[C@H](O)[C@H](C)O2)[C@]3(O)[C@@H](C)O1. The van der Waals surface area contributed by atoms with E-state index in [4.69, 9.17) is 23.7 Å². The van der Waals surface area contributed by atoms with E-state index in [2.05, 4.69) is 0 Å². The Morgan fingerprint density at radius 3 is 2.35 bits per heavy atom. The summed E-state index contributed by atoms with van der Waals surface area (Å²) in [6, 6.07) is 0. The number of hydrogen-bond acceptors (Lipinski definition) is 12. The molecule has 3 fully saturated rings. The molecule has 0 radical (unpaired) electrons.